The van der Waals surface area contributed by atoms with Gasteiger partial charge in [-0.25, -0.2) is 0 Å². The first-order valence-electron chi connectivity index (χ1n) is 7.40. The zero-order valence-corrected chi connectivity index (χ0v) is 12.8. The first-order chi connectivity index (χ1) is 10.7. The maximum absolute atomic E-state index is 11.9. The number of aliphatic hydroxyl groups is 1. The monoisotopic (exact) mass is 298 g/mol. The van der Waals surface area contributed by atoms with Crippen molar-refractivity contribution in [2.75, 3.05) is 25.0 Å². The van der Waals surface area contributed by atoms with Crippen LogP contribution in [0, 0.1) is 0 Å². The number of nitrogens with zero attached hydrogens (tertiary/aromatic N) is 1. The SMILES string of the molecule is CN(CC(=O)NCCc1ccc(CO)cc1)c1ccccc1. The number of benzene rings is 2. The van der Waals surface area contributed by atoms with Crippen molar-refractivity contribution in [3.63, 3.8) is 0 Å². The third-order valence-corrected chi connectivity index (χ3v) is 3.52. The van der Waals surface area contributed by atoms with Gasteiger partial charge in [-0.15, -0.1) is 0 Å². The fourth-order valence-electron chi connectivity index (χ4n) is 2.20. The Morgan fingerprint density at radius 1 is 1.05 bits per heavy atom. The summed E-state index contributed by atoms with van der Waals surface area (Å²) in [6.45, 7) is 1.01. The minimum atomic E-state index is 0.0123. The molecular weight excluding hydrogens is 276 g/mol. The second-order valence-electron chi connectivity index (χ2n) is 5.27. The summed E-state index contributed by atoms with van der Waals surface area (Å²) in [6.07, 6.45) is 0.784. The molecule has 0 atom stereocenters. The molecule has 116 valence electrons. The molecule has 0 saturated heterocycles. The van der Waals surface area contributed by atoms with Crippen molar-refractivity contribution in [1.82, 2.24) is 5.32 Å². The third kappa shape index (κ3) is 4.90. The molecule has 2 aromatic carbocycles. The molecule has 0 bridgehead atoms. The summed E-state index contributed by atoms with van der Waals surface area (Å²) < 4.78 is 0. The van der Waals surface area contributed by atoms with Gasteiger partial charge in [0.05, 0.1) is 13.2 Å². The molecule has 0 aliphatic carbocycles. The van der Waals surface area contributed by atoms with Crippen LogP contribution in [-0.4, -0.2) is 31.2 Å². The van der Waals surface area contributed by atoms with Crippen LogP contribution >= 0.6 is 0 Å². The van der Waals surface area contributed by atoms with Gasteiger partial charge in [-0.2, -0.15) is 0 Å². The number of nitrogens with one attached hydrogen (secondary N) is 1. The van der Waals surface area contributed by atoms with E-state index in [1.165, 1.54) is 0 Å². The molecule has 2 N–H and O–H groups in total. The molecule has 0 aliphatic rings. The van der Waals surface area contributed by atoms with Crippen molar-refractivity contribution in [2.45, 2.75) is 13.0 Å². The lowest BCUT2D eigenvalue weighted by Gasteiger charge is -2.18. The van der Waals surface area contributed by atoms with E-state index >= 15 is 0 Å². The molecule has 2 aromatic rings. The van der Waals surface area contributed by atoms with Crippen molar-refractivity contribution >= 4 is 11.6 Å². The van der Waals surface area contributed by atoms with Gasteiger partial charge in [-0.1, -0.05) is 42.5 Å². The van der Waals surface area contributed by atoms with Gasteiger partial charge in [0.1, 0.15) is 0 Å². The van der Waals surface area contributed by atoms with Crippen LogP contribution in [0.3, 0.4) is 0 Å². The van der Waals surface area contributed by atoms with Gasteiger partial charge in [-0.05, 0) is 29.7 Å². The maximum atomic E-state index is 11.9. The number of rotatable bonds is 7. The van der Waals surface area contributed by atoms with E-state index in [9.17, 15) is 4.79 Å². The Labute approximate surface area is 131 Å². The summed E-state index contributed by atoms with van der Waals surface area (Å²) >= 11 is 0. The Morgan fingerprint density at radius 3 is 2.32 bits per heavy atom. The lowest BCUT2D eigenvalue weighted by atomic mass is 10.1. The fraction of sp³-hybridized carbons (Fsp3) is 0.278. The predicted octanol–water partition coefficient (Wildman–Crippen LogP) is 1.97. The quantitative estimate of drug-likeness (QED) is 0.822. The summed E-state index contributed by atoms with van der Waals surface area (Å²) in [5.41, 5.74) is 3.07. The average Bonchev–Trinajstić information content (AvgIpc) is 2.56. The zero-order valence-electron chi connectivity index (χ0n) is 12.8. The van der Waals surface area contributed by atoms with Crippen LogP contribution in [0.2, 0.25) is 0 Å². The molecule has 2 rings (SSSR count). The molecule has 0 spiro atoms. The first kappa shape index (κ1) is 16.0. The number of anilines is 1. The summed E-state index contributed by atoms with van der Waals surface area (Å²) in [4.78, 5) is 13.9. The fourth-order valence-corrected chi connectivity index (χ4v) is 2.20. The highest BCUT2D eigenvalue weighted by Gasteiger charge is 2.06. The lowest BCUT2D eigenvalue weighted by Crippen LogP contribution is -2.36. The van der Waals surface area contributed by atoms with Gasteiger partial charge >= 0.3 is 0 Å². The molecule has 4 nitrogen and oxygen atoms in total. The Morgan fingerprint density at radius 2 is 1.68 bits per heavy atom. The average molecular weight is 298 g/mol. The molecule has 0 radical (unpaired) electrons. The Bertz CT molecular complexity index is 582. The predicted molar refractivity (Wildman–Crippen MR) is 88.8 cm³/mol. The minimum absolute atomic E-state index is 0.0123. The van der Waals surface area contributed by atoms with Crippen molar-refractivity contribution < 1.29 is 9.90 Å². The smallest absolute Gasteiger partial charge is 0.239 e. The molecule has 0 saturated carbocycles. The number of carbonyl (C=O) groups is 1. The molecule has 22 heavy (non-hydrogen) atoms. The second-order valence-corrected chi connectivity index (χ2v) is 5.27. The highest BCUT2D eigenvalue weighted by atomic mass is 16.3. The maximum Gasteiger partial charge on any atom is 0.239 e. The number of hydrogen-bond donors (Lipinski definition) is 2. The van der Waals surface area contributed by atoms with Crippen molar-refractivity contribution in [3.05, 3.63) is 65.7 Å². The number of carbonyl (C=O) groups excluding carboxylic acids is 1. The van der Waals surface area contributed by atoms with E-state index in [1.54, 1.807) is 0 Å². The van der Waals surface area contributed by atoms with Gasteiger partial charge in [0, 0.05) is 19.3 Å². The lowest BCUT2D eigenvalue weighted by molar-refractivity contribution is -0.119. The Hall–Kier alpha value is -2.33. The number of aliphatic hydroxyl groups excluding tert-OH is 1. The normalized spacial score (nSPS) is 10.3. The van der Waals surface area contributed by atoms with Crippen LogP contribution in [0.1, 0.15) is 11.1 Å². The number of hydrogen-bond acceptors (Lipinski definition) is 3. The van der Waals surface area contributed by atoms with Crippen LogP contribution < -0.4 is 10.2 Å². The first-order valence-corrected chi connectivity index (χ1v) is 7.40. The third-order valence-electron chi connectivity index (χ3n) is 3.52. The van der Waals surface area contributed by atoms with Crippen molar-refractivity contribution in [3.8, 4) is 0 Å². The van der Waals surface area contributed by atoms with E-state index in [1.807, 2.05) is 66.5 Å². The summed E-state index contributed by atoms with van der Waals surface area (Å²) in [5.74, 6) is 0.0123. The topological polar surface area (TPSA) is 52.6 Å². The van der Waals surface area contributed by atoms with Gasteiger partial charge < -0.3 is 15.3 Å². The van der Waals surface area contributed by atoms with E-state index in [2.05, 4.69) is 5.32 Å². The Balaban J connectivity index is 1.73. The van der Waals surface area contributed by atoms with Gasteiger partial charge in [-0.3, -0.25) is 4.79 Å². The molecule has 0 aromatic heterocycles. The van der Waals surface area contributed by atoms with E-state index in [0.717, 1.165) is 23.2 Å². The van der Waals surface area contributed by atoms with Crippen molar-refractivity contribution in [2.24, 2.45) is 0 Å². The van der Waals surface area contributed by atoms with E-state index in [4.69, 9.17) is 5.11 Å². The second kappa shape index (κ2) is 8.20. The van der Waals surface area contributed by atoms with Crippen LogP contribution in [0.25, 0.3) is 0 Å². The summed E-state index contributed by atoms with van der Waals surface area (Å²) in [5, 5.41) is 11.9. The van der Waals surface area contributed by atoms with Crippen LogP contribution in [0.4, 0.5) is 5.69 Å². The molecular formula is C18H22N2O2. The van der Waals surface area contributed by atoms with Crippen LogP contribution in [-0.2, 0) is 17.8 Å². The van der Waals surface area contributed by atoms with Gasteiger partial charge in [0.25, 0.3) is 0 Å². The van der Waals surface area contributed by atoms with E-state index < -0.39 is 0 Å². The van der Waals surface area contributed by atoms with E-state index in [0.29, 0.717) is 13.1 Å². The van der Waals surface area contributed by atoms with Crippen molar-refractivity contribution in [1.29, 1.82) is 0 Å². The summed E-state index contributed by atoms with van der Waals surface area (Å²) in [7, 11) is 1.91. The number of likely N-dealkylation sites (N-methyl/N-ethyl adjacent to an activating group) is 1. The molecule has 0 heterocycles. The van der Waals surface area contributed by atoms with Crippen LogP contribution in [0.15, 0.2) is 54.6 Å². The molecule has 4 heteroatoms. The molecule has 0 aliphatic heterocycles. The Kier molecular flexibility index (Phi) is 5.98. The standard InChI is InChI=1S/C18H22N2O2/c1-20(17-5-3-2-4-6-17)13-18(22)19-12-11-15-7-9-16(14-21)10-8-15/h2-10,21H,11-14H2,1H3,(H,19,22). The molecule has 0 fully saturated rings. The van der Waals surface area contributed by atoms with Gasteiger partial charge in [0.15, 0.2) is 0 Å². The van der Waals surface area contributed by atoms with Crippen LogP contribution in [0.5, 0.6) is 0 Å². The highest BCUT2D eigenvalue weighted by molar-refractivity contribution is 5.81. The number of amides is 1. The highest BCUT2D eigenvalue weighted by Crippen LogP contribution is 2.10. The largest absolute Gasteiger partial charge is 0.392 e. The number of para-hydroxylation sites is 1. The summed E-state index contributed by atoms with van der Waals surface area (Å²) in [6, 6.07) is 17.6. The zero-order chi connectivity index (χ0) is 15.8. The van der Waals surface area contributed by atoms with E-state index in [-0.39, 0.29) is 12.5 Å². The molecule has 1 amide bonds. The molecule has 0 unspecified atom stereocenters. The minimum Gasteiger partial charge on any atom is -0.392 e. The van der Waals surface area contributed by atoms with Gasteiger partial charge in [0.2, 0.25) is 5.91 Å².